The van der Waals surface area contributed by atoms with Crippen LogP contribution in [0.3, 0.4) is 0 Å². The minimum absolute atomic E-state index is 0.0472. The molecule has 3 fully saturated rings. The number of likely N-dealkylation sites (tertiary alicyclic amines) is 2. The number of phenols is 1. The molecule has 0 aliphatic carbocycles. The van der Waals surface area contributed by atoms with Gasteiger partial charge < -0.3 is 54.7 Å². The van der Waals surface area contributed by atoms with Gasteiger partial charge in [0.25, 0.3) is 5.88 Å². The van der Waals surface area contributed by atoms with E-state index >= 15 is 0 Å². The van der Waals surface area contributed by atoms with Crippen LogP contribution in [0.5, 0.6) is 11.6 Å². The zero-order valence-electron chi connectivity index (χ0n) is 39.5. The standard InChI is InChI=1S/C50H65N9O8S/c1-32(2)45(49(63)59-28-37(60)25-41(59)48(62)53-33(3)35-11-13-36(14-12-35)46-34(4)52-31-68-46)43-27-44(56-67-43)66-24-23-65-22-21-64-20-8-7-17-57-29-50(30-57)15-18-58(19-16-50)40-26-39(54-55-47(40)51)38-9-5-6-10-42(38)61/h5-6,9-14,26-27,31-33,37,41,45,60-61H,7-8,15-25,28-30H2,1-4H3,(H2,51,55)(H,53,62)/t33-,37+,41-,45+/m0/s1. The number of hydrogen-bond donors (Lipinski definition) is 4. The molecule has 2 amide bonds. The van der Waals surface area contributed by atoms with E-state index in [2.05, 4.69) is 35.5 Å². The van der Waals surface area contributed by atoms with Crippen molar-refractivity contribution in [1.29, 1.82) is 0 Å². The molecule has 1 spiro atoms. The zero-order chi connectivity index (χ0) is 47.8. The third kappa shape index (κ3) is 11.6. The maximum absolute atomic E-state index is 14.1. The Morgan fingerprint density at radius 2 is 1.71 bits per heavy atom. The van der Waals surface area contributed by atoms with Gasteiger partial charge in [0.2, 0.25) is 11.8 Å². The molecule has 3 saturated heterocycles. The van der Waals surface area contributed by atoms with E-state index in [1.54, 1.807) is 29.5 Å². The Labute approximate surface area is 402 Å². The van der Waals surface area contributed by atoms with Gasteiger partial charge in [-0.25, -0.2) is 4.98 Å². The number of nitrogens with one attached hydrogen (secondary N) is 1. The number of nitrogens with zero attached hydrogens (tertiary/aromatic N) is 7. The van der Waals surface area contributed by atoms with Crippen molar-refractivity contribution in [2.75, 3.05) is 82.9 Å². The van der Waals surface area contributed by atoms with E-state index in [0.717, 1.165) is 85.8 Å². The second kappa shape index (κ2) is 22.2. The number of nitrogens with two attached hydrogens (primary N) is 1. The van der Waals surface area contributed by atoms with Crippen LogP contribution in [0.2, 0.25) is 0 Å². The number of aromatic hydroxyl groups is 1. The number of thiazole rings is 1. The summed E-state index contributed by atoms with van der Waals surface area (Å²) in [4.78, 5) is 39.5. The minimum Gasteiger partial charge on any atom is -0.507 e. The summed E-state index contributed by atoms with van der Waals surface area (Å²) in [5.74, 6) is -0.383. The Kier molecular flexibility index (Phi) is 15.9. The molecule has 364 valence electrons. The third-order valence-corrected chi connectivity index (χ3v) is 14.5. The minimum atomic E-state index is -0.831. The van der Waals surface area contributed by atoms with Crippen LogP contribution in [0.1, 0.15) is 81.9 Å². The van der Waals surface area contributed by atoms with Crippen LogP contribution in [0.25, 0.3) is 21.7 Å². The number of aliphatic hydroxyl groups is 1. The molecule has 5 aromatic rings. The summed E-state index contributed by atoms with van der Waals surface area (Å²) < 4.78 is 23.0. The highest BCUT2D eigenvalue weighted by Gasteiger charge is 2.45. The number of ether oxygens (including phenoxy) is 3. The number of β-amino-alcohol motifs (C(OH)–C–C–N with tert-alkyl or cyclic N) is 1. The van der Waals surface area contributed by atoms with Gasteiger partial charge >= 0.3 is 0 Å². The monoisotopic (exact) mass is 951 g/mol. The van der Waals surface area contributed by atoms with Crippen molar-refractivity contribution in [2.45, 2.75) is 83.9 Å². The van der Waals surface area contributed by atoms with Gasteiger partial charge in [-0.1, -0.05) is 50.2 Å². The SMILES string of the molecule is Cc1ncsc1-c1ccc([C@H](C)NC(=O)[C@@H]2C[C@@H](O)CN2C(=O)[C@@H](c2cc(OCCOCCOCCCCN3CC4(CCN(c5cc(-c6ccccc6O)nnc5N)CC4)C3)no2)C(C)C)cc1. The average molecular weight is 952 g/mol. The number of carbonyl (C=O) groups is 2. The quantitative estimate of drug-likeness (QED) is 0.0601. The first-order chi connectivity index (χ1) is 32.9. The number of unbranched alkanes of at least 4 members (excludes halogenated alkanes) is 1. The fourth-order valence-corrected chi connectivity index (χ4v) is 10.5. The van der Waals surface area contributed by atoms with Crippen molar-refractivity contribution in [3.05, 3.63) is 83.2 Å². The molecule has 0 unspecified atom stereocenters. The Morgan fingerprint density at radius 3 is 2.43 bits per heavy atom. The van der Waals surface area contributed by atoms with E-state index in [4.69, 9.17) is 24.5 Å². The number of aliphatic hydroxyl groups excluding tert-OH is 1. The summed E-state index contributed by atoms with van der Waals surface area (Å²) >= 11 is 1.59. The highest BCUT2D eigenvalue weighted by atomic mass is 32.1. The van der Waals surface area contributed by atoms with Crippen molar-refractivity contribution in [3.8, 4) is 33.3 Å². The molecule has 8 rings (SSSR count). The van der Waals surface area contributed by atoms with E-state index in [9.17, 15) is 19.8 Å². The number of aromatic nitrogens is 4. The number of nitrogen functional groups attached to an aromatic ring is 1. The van der Waals surface area contributed by atoms with E-state index in [1.807, 2.05) is 75.7 Å². The first-order valence-corrected chi connectivity index (χ1v) is 24.7. The van der Waals surface area contributed by atoms with Crippen LogP contribution in [0.15, 0.2) is 70.7 Å². The van der Waals surface area contributed by atoms with Gasteiger partial charge in [-0.05, 0) is 91.9 Å². The van der Waals surface area contributed by atoms with Crippen LogP contribution < -0.4 is 20.7 Å². The van der Waals surface area contributed by atoms with Crippen molar-refractivity contribution in [3.63, 3.8) is 0 Å². The Bertz CT molecular complexity index is 2450. The molecule has 2 aromatic carbocycles. The number of para-hydroxylation sites is 1. The fourth-order valence-electron chi connectivity index (χ4n) is 9.73. The molecule has 5 N–H and O–H groups in total. The highest BCUT2D eigenvalue weighted by molar-refractivity contribution is 7.13. The molecule has 0 saturated carbocycles. The normalized spacial score (nSPS) is 19.0. The lowest BCUT2D eigenvalue weighted by Gasteiger charge is -2.54. The van der Waals surface area contributed by atoms with Crippen LogP contribution in [0, 0.1) is 18.3 Å². The summed E-state index contributed by atoms with van der Waals surface area (Å²) in [6.45, 7) is 15.1. The Balaban J connectivity index is 0.685. The number of piperidine rings is 1. The van der Waals surface area contributed by atoms with Gasteiger partial charge in [-0.15, -0.1) is 21.5 Å². The Hall–Kier alpha value is -5.66. The van der Waals surface area contributed by atoms with E-state index in [-0.39, 0.29) is 55.0 Å². The number of benzene rings is 2. The largest absolute Gasteiger partial charge is 0.507 e. The lowest BCUT2D eigenvalue weighted by atomic mass is 9.72. The molecular weight excluding hydrogens is 887 g/mol. The average Bonchev–Trinajstić information content (AvgIpc) is 4.08. The molecule has 3 aliphatic heterocycles. The number of phenolic OH excluding ortho intramolecular Hbond substituents is 1. The van der Waals surface area contributed by atoms with Crippen molar-refractivity contribution >= 4 is 34.7 Å². The van der Waals surface area contributed by atoms with Crippen LogP contribution in [0.4, 0.5) is 11.5 Å². The molecule has 0 radical (unpaired) electrons. The number of aryl methyl sites for hydroxylation is 1. The zero-order valence-corrected chi connectivity index (χ0v) is 40.3. The van der Waals surface area contributed by atoms with Gasteiger partial charge in [-0.3, -0.25) is 9.59 Å². The van der Waals surface area contributed by atoms with Gasteiger partial charge in [0.15, 0.2) is 11.6 Å². The Morgan fingerprint density at radius 1 is 0.971 bits per heavy atom. The topological polar surface area (TPSA) is 215 Å². The predicted octanol–water partition coefficient (Wildman–Crippen LogP) is 6.22. The molecule has 0 bridgehead atoms. The maximum Gasteiger partial charge on any atom is 0.254 e. The second-order valence-electron chi connectivity index (χ2n) is 18.8. The molecule has 18 heteroatoms. The van der Waals surface area contributed by atoms with Gasteiger partial charge in [0.1, 0.15) is 24.3 Å². The first kappa shape index (κ1) is 48.8. The third-order valence-electron chi connectivity index (χ3n) is 13.5. The maximum atomic E-state index is 14.1. The smallest absolute Gasteiger partial charge is 0.254 e. The summed E-state index contributed by atoms with van der Waals surface area (Å²) in [6, 6.07) is 17.6. The molecular formula is C50H65N9O8S. The number of carbonyl (C=O) groups excluding carboxylic acids is 2. The number of amides is 2. The van der Waals surface area contributed by atoms with Gasteiger partial charge in [-0.2, -0.15) is 0 Å². The van der Waals surface area contributed by atoms with E-state index in [0.29, 0.717) is 54.7 Å². The number of rotatable bonds is 21. The fraction of sp³-hybridized carbons (Fsp3) is 0.520. The molecule has 3 aromatic heterocycles. The van der Waals surface area contributed by atoms with Crippen LogP contribution in [-0.4, -0.2) is 137 Å². The van der Waals surface area contributed by atoms with Crippen molar-refractivity contribution in [1.82, 2.24) is 35.5 Å². The number of hydrogen-bond acceptors (Lipinski definition) is 16. The molecule has 17 nitrogen and oxygen atoms in total. The summed E-state index contributed by atoms with van der Waals surface area (Å²) in [5, 5.41) is 36.5. The number of anilines is 2. The lowest BCUT2D eigenvalue weighted by Crippen LogP contribution is -2.60. The lowest BCUT2D eigenvalue weighted by molar-refractivity contribution is -0.141. The van der Waals surface area contributed by atoms with Gasteiger partial charge in [0.05, 0.1) is 59.4 Å². The van der Waals surface area contributed by atoms with E-state index < -0.39 is 18.1 Å². The molecule has 4 atom stereocenters. The molecule has 6 heterocycles. The predicted molar refractivity (Wildman–Crippen MR) is 259 cm³/mol. The summed E-state index contributed by atoms with van der Waals surface area (Å²) in [6.07, 6.45) is 3.59. The van der Waals surface area contributed by atoms with Crippen molar-refractivity contribution in [2.24, 2.45) is 11.3 Å². The highest BCUT2D eigenvalue weighted by Crippen LogP contribution is 2.43. The first-order valence-electron chi connectivity index (χ1n) is 23.8. The second-order valence-corrected chi connectivity index (χ2v) is 19.7. The van der Waals surface area contributed by atoms with Crippen molar-refractivity contribution < 1.29 is 38.5 Å². The van der Waals surface area contributed by atoms with E-state index in [1.165, 1.54) is 4.90 Å². The van der Waals surface area contributed by atoms with Gasteiger partial charge in [0, 0.05) is 57.4 Å². The van der Waals surface area contributed by atoms with Crippen LogP contribution >= 0.6 is 11.3 Å². The summed E-state index contributed by atoms with van der Waals surface area (Å²) in [5.41, 5.74) is 13.6. The summed E-state index contributed by atoms with van der Waals surface area (Å²) in [7, 11) is 0. The molecule has 68 heavy (non-hydrogen) atoms. The molecule has 3 aliphatic rings. The van der Waals surface area contributed by atoms with Crippen LogP contribution in [-0.2, 0) is 19.1 Å².